The fraction of sp³-hybridized carbons (Fsp3) is 0.400. The molecular weight excluding hydrogens is 378 g/mol. The molecule has 0 aromatic heterocycles. The van der Waals surface area contributed by atoms with Gasteiger partial charge in [-0.2, -0.15) is 0 Å². The number of fused-ring (bicyclic) bond motifs is 3. The van der Waals surface area contributed by atoms with Gasteiger partial charge in [-0.3, -0.25) is 9.69 Å². The highest BCUT2D eigenvalue weighted by Crippen LogP contribution is 2.44. The Kier molecular flexibility index (Phi) is 5.93. The number of allylic oxidation sites excluding steroid dienone is 1. The molecule has 0 amide bonds. The molecule has 158 valence electrons. The lowest BCUT2D eigenvalue weighted by Crippen LogP contribution is -2.33. The van der Waals surface area contributed by atoms with Gasteiger partial charge in [0.2, 0.25) is 5.78 Å². The van der Waals surface area contributed by atoms with Gasteiger partial charge in [-0.05, 0) is 48.1 Å². The molecule has 30 heavy (non-hydrogen) atoms. The number of carbonyl (C=O) groups is 1. The first-order valence-electron chi connectivity index (χ1n) is 10.5. The van der Waals surface area contributed by atoms with Crippen molar-refractivity contribution < 1.29 is 19.0 Å². The number of benzene rings is 2. The highest BCUT2D eigenvalue weighted by Gasteiger charge is 2.35. The van der Waals surface area contributed by atoms with E-state index in [1.54, 1.807) is 7.11 Å². The Labute approximate surface area is 178 Å². The predicted octanol–water partition coefficient (Wildman–Crippen LogP) is 4.92. The topological polar surface area (TPSA) is 48.0 Å². The SMILES string of the molecule is COCCCN1COc2cc(C)c3c(c2C1)O/C(=C\c1ccc(C(C)C)cc1)C3=O. The normalized spacial score (nSPS) is 17.1. The second-order valence-corrected chi connectivity index (χ2v) is 8.31. The Balaban J connectivity index is 1.61. The van der Waals surface area contributed by atoms with Crippen molar-refractivity contribution in [2.75, 3.05) is 27.0 Å². The Bertz CT molecular complexity index is 976. The average Bonchev–Trinajstić information content (AvgIpc) is 3.06. The number of hydrogen-bond donors (Lipinski definition) is 0. The van der Waals surface area contributed by atoms with E-state index in [4.69, 9.17) is 14.2 Å². The minimum atomic E-state index is -0.0604. The smallest absolute Gasteiger partial charge is 0.232 e. The molecule has 2 aromatic carbocycles. The summed E-state index contributed by atoms with van der Waals surface area (Å²) in [6.07, 6.45) is 2.76. The molecule has 2 aromatic rings. The largest absolute Gasteiger partial charge is 0.478 e. The second kappa shape index (κ2) is 8.62. The summed E-state index contributed by atoms with van der Waals surface area (Å²) in [4.78, 5) is 15.3. The molecule has 0 bridgehead atoms. The van der Waals surface area contributed by atoms with E-state index in [0.717, 1.165) is 35.4 Å². The molecule has 2 aliphatic rings. The third-order valence-corrected chi connectivity index (χ3v) is 5.71. The molecule has 5 heteroatoms. The maximum atomic E-state index is 13.1. The number of hydrogen-bond acceptors (Lipinski definition) is 5. The van der Waals surface area contributed by atoms with E-state index in [9.17, 15) is 4.79 Å². The van der Waals surface area contributed by atoms with Crippen LogP contribution in [0, 0.1) is 6.92 Å². The third kappa shape index (κ3) is 4.00. The summed E-state index contributed by atoms with van der Waals surface area (Å²) < 4.78 is 17.3. The van der Waals surface area contributed by atoms with E-state index in [2.05, 4.69) is 30.9 Å². The Morgan fingerprint density at radius 1 is 1.23 bits per heavy atom. The van der Waals surface area contributed by atoms with Crippen LogP contribution in [-0.2, 0) is 11.3 Å². The van der Waals surface area contributed by atoms with Crippen LogP contribution in [0.1, 0.15) is 58.8 Å². The van der Waals surface area contributed by atoms with Crippen molar-refractivity contribution in [3.8, 4) is 11.5 Å². The molecule has 4 rings (SSSR count). The molecule has 5 nitrogen and oxygen atoms in total. The summed E-state index contributed by atoms with van der Waals surface area (Å²) >= 11 is 0. The summed E-state index contributed by atoms with van der Waals surface area (Å²) in [5.41, 5.74) is 4.72. The lowest BCUT2D eigenvalue weighted by molar-refractivity contribution is 0.0822. The first kappa shape index (κ1) is 20.6. The molecule has 0 aliphatic carbocycles. The van der Waals surface area contributed by atoms with E-state index in [0.29, 0.717) is 42.9 Å². The molecule has 0 saturated heterocycles. The standard InChI is InChI=1S/C25H29NO4/c1-16(2)19-8-6-18(7-9-19)13-22-24(27)23-17(3)12-21-20(25(23)30-22)14-26(15-29-21)10-5-11-28-4/h6-9,12-13,16H,5,10-11,14-15H2,1-4H3/b22-13-. The van der Waals surface area contributed by atoms with E-state index in [1.807, 2.05) is 31.2 Å². The fourth-order valence-corrected chi connectivity index (χ4v) is 3.98. The van der Waals surface area contributed by atoms with Crippen LogP contribution in [0.25, 0.3) is 6.08 Å². The van der Waals surface area contributed by atoms with Crippen LogP contribution < -0.4 is 9.47 Å². The molecule has 0 fully saturated rings. The molecule has 0 radical (unpaired) electrons. The first-order valence-corrected chi connectivity index (χ1v) is 10.5. The quantitative estimate of drug-likeness (QED) is 0.502. The van der Waals surface area contributed by atoms with E-state index in [-0.39, 0.29) is 5.78 Å². The summed E-state index contributed by atoms with van der Waals surface area (Å²) in [5, 5.41) is 0. The van der Waals surface area contributed by atoms with Crippen molar-refractivity contribution in [1.82, 2.24) is 4.90 Å². The number of ketones is 1. The molecule has 0 spiro atoms. The van der Waals surface area contributed by atoms with Gasteiger partial charge < -0.3 is 14.2 Å². The number of aryl methyl sites for hydroxylation is 1. The molecule has 0 N–H and O–H groups in total. The van der Waals surface area contributed by atoms with Gasteiger partial charge in [0.15, 0.2) is 5.76 Å². The van der Waals surface area contributed by atoms with Gasteiger partial charge in [0.1, 0.15) is 18.2 Å². The molecule has 0 atom stereocenters. The van der Waals surface area contributed by atoms with Crippen molar-refractivity contribution in [2.24, 2.45) is 0 Å². The first-order chi connectivity index (χ1) is 14.5. The van der Waals surface area contributed by atoms with Crippen molar-refractivity contribution in [3.63, 3.8) is 0 Å². The van der Waals surface area contributed by atoms with Crippen LogP contribution in [-0.4, -0.2) is 37.7 Å². The van der Waals surface area contributed by atoms with Crippen LogP contribution >= 0.6 is 0 Å². The molecule has 2 heterocycles. The van der Waals surface area contributed by atoms with Gasteiger partial charge in [0.05, 0.1) is 11.1 Å². The van der Waals surface area contributed by atoms with Gasteiger partial charge in [-0.25, -0.2) is 0 Å². The zero-order chi connectivity index (χ0) is 21.3. The molecule has 0 unspecified atom stereocenters. The number of Topliss-reactive ketones (excluding diaryl/α,β-unsaturated/α-hetero) is 1. The number of carbonyl (C=O) groups excluding carboxylic acids is 1. The van der Waals surface area contributed by atoms with E-state index < -0.39 is 0 Å². The zero-order valence-corrected chi connectivity index (χ0v) is 18.2. The molecule has 2 aliphatic heterocycles. The summed E-state index contributed by atoms with van der Waals surface area (Å²) in [6, 6.07) is 10.2. The molecule has 0 saturated carbocycles. The van der Waals surface area contributed by atoms with Crippen molar-refractivity contribution in [1.29, 1.82) is 0 Å². The minimum Gasteiger partial charge on any atom is -0.478 e. The highest BCUT2D eigenvalue weighted by molar-refractivity contribution is 6.15. The van der Waals surface area contributed by atoms with Crippen LogP contribution in [0.2, 0.25) is 0 Å². The van der Waals surface area contributed by atoms with Crippen LogP contribution in [0.3, 0.4) is 0 Å². The van der Waals surface area contributed by atoms with Crippen molar-refractivity contribution in [2.45, 2.75) is 39.7 Å². The Morgan fingerprint density at radius 2 is 2.00 bits per heavy atom. The lowest BCUT2D eigenvalue weighted by atomic mass is 9.98. The van der Waals surface area contributed by atoms with Gasteiger partial charge in [0, 0.05) is 26.8 Å². The Hall–Kier alpha value is -2.63. The number of ether oxygens (including phenoxy) is 3. The van der Waals surface area contributed by atoms with E-state index in [1.165, 1.54) is 5.56 Å². The number of methoxy groups -OCH3 is 1. The molecular formula is C25H29NO4. The summed E-state index contributed by atoms with van der Waals surface area (Å²) in [7, 11) is 1.71. The van der Waals surface area contributed by atoms with Crippen molar-refractivity contribution >= 4 is 11.9 Å². The van der Waals surface area contributed by atoms with Crippen molar-refractivity contribution in [3.05, 3.63) is 63.9 Å². The van der Waals surface area contributed by atoms with E-state index >= 15 is 0 Å². The second-order valence-electron chi connectivity index (χ2n) is 8.31. The Morgan fingerprint density at radius 3 is 2.70 bits per heavy atom. The predicted molar refractivity (Wildman–Crippen MR) is 117 cm³/mol. The monoisotopic (exact) mass is 407 g/mol. The fourth-order valence-electron chi connectivity index (χ4n) is 3.98. The van der Waals surface area contributed by atoms with Gasteiger partial charge >= 0.3 is 0 Å². The number of rotatable bonds is 6. The summed E-state index contributed by atoms with van der Waals surface area (Å²) in [6.45, 7) is 9.09. The van der Waals surface area contributed by atoms with Crippen LogP contribution in [0.4, 0.5) is 0 Å². The summed E-state index contributed by atoms with van der Waals surface area (Å²) in [5.74, 6) is 2.24. The maximum Gasteiger partial charge on any atom is 0.232 e. The minimum absolute atomic E-state index is 0.0604. The lowest BCUT2D eigenvalue weighted by Gasteiger charge is -2.30. The third-order valence-electron chi connectivity index (χ3n) is 5.71. The highest BCUT2D eigenvalue weighted by atomic mass is 16.5. The number of nitrogens with zero attached hydrogens (tertiary/aromatic N) is 1. The van der Waals surface area contributed by atoms with Crippen LogP contribution in [0.5, 0.6) is 11.5 Å². The van der Waals surface area contributed by atoms with Gasteiger partial charge in [-0.1, -0.05) is 38.1 Å². The van der Waals surface area contributed by atoms with Crippen LogP contribution in [0.15, 0.2) is 36.1 Å². The maximum absolute atomic E-state index is 13.1. The van der Waals surface area contributed by atoms with Gasteiger partial charge in [-0.15, -0.1) is 0 Å². The zero-order valence-electron chi connectivity index (χ0n) is 18.2. The average molecular weight is 408 g/mol. The van der Waals surface area contributed by atoms with Gasteiger partial charge in [0.25, 0.3) is 0 Å².